The van der Waals surface area contributed by atoms with Crippen molar-refractivity contribution in [3.8, 4) is 0 Å². The van der Waals surface area contributed by atoms with Gasteiger partial charge >= 0.3 is 0 Å². The lowest BCUT2D eigenvalue weighted by molar-refractivity contribution is 0.419. The molecular weight excluding hydrogens is 198 g/mol. The number of fused-ring (bicyclic) bond motifs is 1. The summed E-state index contributed by atoms with van der Waals surface area (Å²) < 4.78 is 5.22. The number of benzene rings is 1. The zero-order chi connectivity index (χ0) is 10.3. The maximum atomic E-state index is 5.85. The molecule has 0 saturated heterocycles. The lowest BCUT2D eigenvalue weighted by Gasteiger charge is -2.14. The zero-order valence-corrected chi connectivity index (χ0v) is 9.22. The van der Waals surface area contributed by atoms with Gasteiger partial charge < -0.3 is 4.52 Å². The van der Waals surface area contributed by atoms with Gasteiger partial charge in [0.05, 0.1) is 5.69 Å². The number of nitrogens with zero attached hydrogens (tertiary/aromatic N) is 1. The second kappa shape index (κ2) is 2.99. The average Bonchev–Trinajstić information content (AvgIpc) is 2.45. The Morgan fingerprint density at radius 2 is 2.00 bits per heavy atom. The van der Waals surface area contributed by atoms with Crippen LogP contribution in [-0.2, 0) is 5.41 Å². The molecule has 1 aromatic heterocycles. The fraction of sp³-hybridized carbons (Fsp3) is 0.364. The molecule has 74 valence electrons. The predicted octanol–water partition coefficient (Wildman–Crippen LogP) is 3.78. The van der Waals surface area contributed by atoms with Crippen molar-refractivity contribution < 1.29 is 4.52 Å². The van der Waals surface area contributed by atoms with E-state index in [-0.39, 0.29) is 5.41 Å². The number of aromatic nitrogens is 1. The summed E-state index contributed by atoms with van der Waals surface area (Å²) in [5, 5.41) is 5.79. The van der Waals surface area contributed by atoms with Crippen LogP contribution < -0.4 is 0 Å². The minimum Gasteiger partial charge on any atom is -0.356 e. The Morgan fingerprint density at radius 3 is 2.64 bits per heavy atom. The standard InChI is InChI=1S/C11H12ClNO/c1-11(2,3)10-8-5-4-7(12)6-9(8)14-13-10/h4-6H,1-3H3. The Balaban J connectivity index is 2.70. The van der Waals surface area contributed by atoms with Gasteiger partial charge in [-0.3, -0.25) is 0 Å². The molecule has 0 unspecified atom stereocenters. The van der Waals surface area contributed by atoms with E-state index in [1.807, 2.05) is 12.1 Å². The number of hydrogen-bond acceptors (Lipinski definition) is 2. The first-order chi connectivity index (χ1) is 6.48. The Hall–Kier alpha value is -1.02. The van der Waals surface area contributed by atoms with Crippen LogP contribution in [0.25, 0.3) is 11.0 Å². The van der Waals surface area contributed by atoms with Crippen LogP contribution in [0.15, 0.2) is 22.7 Å². The third kappa shape index (κ3) is 1.50. The van der Waals surface area contributed by atoms with Crippen LogP contribution in [0.5, 0.6) is 0 Å². The summed E-state index contributed by atoms with van der Waals surface area (Å²) >= 11 is 5.85. The van der Waals surface area contributed by atoms with E-state index in [4.69, 9.17) is 16.1 Å². The summed E-state index contributed by atoms with van der Waals surface area (Å²) in [5.41, 5.74) is 1.73. The highest BCUT2D eigenvalue weighted by Gasteiger charge is 2.21. The molecule has 2 rings (SSSR count). The molecule has 0 bridgehead atoms. The van der Waals surface area contributed by atoms with E-state index in [0.717, 1.165) is 16.7 Å². The van der Waals surface area contributed by atoms with Crippen molar-refractivity contribution in [1.29, 1.82) is 0 Å². The van der Waals surface area contributed by atoms with E-state index in [1.54, 1.807) is 6.07 Å². The smallest absolute Gasteiger partial charge is 0.168 e. The molecule has 0 N–H and O–H groups in total. The van der Waals surface area contributed by atoms with Gasteiger partial charge in [-0.1, -0.05) is 37.5 Å². The normalized spacial score (nSPS) is 12.3. The van der Waals surface area contributed by atoms with Gasteiger partial charge in [0.15, 0.2) is 5.58 Å². The monoisotopic (exact) mass is 209 g/mol. The van der Waals surface area contributed by atoms with E-state index in [2.05, 4.69) is 25.9 Å². The van der Waals surface area contributed by atoms with Gasteiger partial charge in [-0.05, 0) is 12.1 Å². The van der Waals surface area contributed by atoms with E-state index in [0.29, 0.717) is 5.02 Å². The zero-order valence-electron chi connectivity index (χ0n) is 8.47. The van der Waals surface area contributed by atoms with E-state index < -0.39 is 0 Å². The van der Waals surface area contributed by atoms with Crippen LogP contribution >= 0.6 is 11.6 Å². The molecule has 2 nitrogen and oxygen atoms in total. The summed E-state index contributed by atoms with van der Waals surface area (Å²) in [5.74, 6) is 0. The SMILES string of the molecule is CC(C)(C)c1noc2cc(Cl)ccc12. The summed E-state index contributed by atoms with van der Waals surface area (Å²) in [6.07, 6.45) is 0. The van der Waals surface area contributed by atoms with Crippen molar-refractivity contribution in [3.63, 3.8) is 0 Å². The van der Waals surface area contributed by atoms with Crippen LogP contribution in [0.1, 0.15) is 26.5 Å². The van der Waals surface area contributed by atoms with Gasteiger partial charge in [-0.25, -0.2) is 0 Å². The van der Waals surface area contributed by atoms with E-state index in [1.165, 1.54) is 0 Å². The number of rotatable bonds is 0. The molecule has 0 aliphatic carbocycles. The lowest BCUT2D eigenvalue weighted by atomic mass is 9.90. The molecule has 2 aromatic rings. The molecule has 0 radical (unpaired) electrons. The second-order valence-electron chi connectivity index (χ2n) is 4.42. The summed E-state index contributed by atoms with van der Waals surface area (Å²) in [6, 6.07) is 5.60. The number of hydrogen-bond donors (Lipinski definition) is 0. The molecule has 14 heavy (non-hydrogen) atoms. The van der Waals surface area contributed by atoms with Crippen LogP contribution in [0.3, 0.4) is 0 Å². The highest BCUT2D eigenvalue weighted by Crippen LogP contribution is 2.30. The molecule has 3 heteroatoms. The van der Waals surface area contributed by atoms with Gasteiger partial charge in [0.25, 0.3) is 0 Å². The maximum Gasteiger partial charge on any atom is 0.168 e. The van der Waals surface area contributed by atoms with Crippen molar-refractivity contribution in [2.24, 2.45) is 0 Å². The number of halogens is 1. The molecule has 1 aromatic carbocycles. The first-order valence-corrected chi connectivity index (χ1v) is 4.92. The topological polar surface area (TPSA) is 26.0 Å². The quantitative estimate of drug-likeness (QED) is 0.660. The fourth-order valence-corrected chi connectivity index (χ4v) is 1.61. The summed E-state index contributed by atoms with van der Waals surface area (Å²) in [4.78, 5) is 0. The van der Waals surface area contributed by atoms with Gasteiger partial charge in [0, 0.05) is 21.9 Å². The minimum atomic E-state index is -0.000913. The first-order valence-electron chi connectivity index (χ1n) is 4.54. The van der Waals surface area contributed by atoms with Gasteiger partial charge in [-0.15, -0.1) is 0 Å². The molecule has 0 aliphatic heterocycles. The summed E-state index contributed by atoms with van der Waals surface area (Å²) in [7, 11) is 0. The molecule has 1 heterocycles. The van der Waals surface area contributed by atoms with Crippen LogP contribution in [0, 0.1) is 0 Å². The van der Waals surface area contributed by atoms with Crippen molar-refractivity contribution in [1.82, 2.24) is 5.16 Å². The Bertz CT molecular complexity index is 468. The highest BCUT2D eigenvalue weighted by atomic mass is 35.5. The Kier molecular flexibility index (Phi) is 2.04. The molecule has 0 amide bonds. The Morgan fingerprint density at radius 1 is 1.29 bits per heavy atom. The average molecular weight is 210 g/mol. The second-order valence-corrected chi connectivity index (χ2v) is 4.86. The summed E-state index contributed by atoms with van der Waals surface area (Å²) in [6.45, 7) is 6.33. The van der Waals surface area contributed by atoms with Gasteiger partial charge in [-0.2, -0.15) is 0 Å². The third-order valence-corrected chi connectivity index (χ3v) is 2.38. The first kappa shape index (κ1) is 9.53. The molecule has 0 spiro atoms. The molecule has 0 aliphatic rings. The third-order valence-electron chi connectivity index (χ3n) is 2.14. The van der Waals surface area contributed by atoms with Gasteiger partial charge in [0.1, 0.15) is 0 Å². The molecule has 0 saturated carbocycles. The van der Waals surface area contributed by atoms with Crippen molar-refractivity contribution in [3.05, 3.63) is 28.9 Å². The largest absolute Gasteiger partial charge is 0.356 e. The molecule has 0 fully saturated rings. The molecular formula is C11H12ClNO. The predicted molar refractivity (Wildman–Crippen MR) is 57.7 cm³/mol. The van der Waals surface area contributed by atoms with Crippen LogP contribution in [0.4, 0.5) is 0 Å². The minimum absolute atomic E-state index is 0.000913. The van der Waals surface area contributed by atoms with Crippen molar-refractivity contribution in [2.45, 2.75) is 26.2 Å². The fourth-order valence-electron chi connectivity index (χ4n) is 1.45. The Labute approximate surface area is 87.8 Å². The van der Waals surface area contributed by atoms with Crippen molar-refractivity contribution in [2.75, 3.05) is 0 Å². The van der Waals surface area contributed by atoms with E-state index in [9.17, 15) is 0 Å². The molecule has 0 atom stereocenters. The maximum absolute atomic E-state index is 5.85. The van der Waals surface area contributed by atoms with Gasteiger partial charge in [0.2, 0.25) is 0 Å². The van der Waals surface area contributed by atoms with Crippen LogP contribution in [-0.4, -0.2) is 5.16 Å². The van der Waals surface area contributed by atoms with E-state index >= 15 is 0 Å². The van der Waals surface area contributed by atoms with Crippen molar-refractivity contribution >= 4 is 22.6 Å². The van der Waals surface area contributed by atoms with Crippen LogP contribution in [0.2, 0.25) is 5.02 Å². The highest BCUT2D eigenvalue weighted by molar-refractivity contribution is 6.31. The lowest BCUT2D eigenvalue weighted by Crippen LogP contribution is -2.11.